The van der Waals surface area contributed by atoms with Gasteiger partial charge in [0.25, 0.3) is 10.0 Å². The highest BCUT2D eigenvalue weighted by molar-refractivity contribution is 7.92. The number of ether oxygens (including phenoxy) is 1. The van der Waals surface area contributed by atoms with Gasteiger partial charge in [-0.25, -0.2) is 8.42 Å². The molecule has 0 bridgehead atoms. The van der Waals surface area contributed by atoms with E-state index in [1.807, 2.05) is 26.0 Å². The maximum atomic E-state index is 13.5. The van der Waals surface area contributed by atoms with Gasteiger partial charge in [0.1, 0.15) is 6.54 Å². The van der Waals surface area contributed by atoms with E-state index in [1.54, 1.807) is 36.1 Å². The maximum absolute atomic E-state index is 13.5. The zero-order valence-electron chi connectivity index (χ0n) is 18.8. The van der Waals surface area contributed by atoms with Crippen molar-refractivity contribution in [3.63, 3.8) is 0 Å². The summed E-state index contributed by atoms with van der Waals surface area (Å²) in [5.74, 6) is -0.738. The second-order valence-electron chi connectivity index (χ2n) is 8.02. The predicted molar refractivity (Wildman–Crippen MR) is 123 cm³/mol. The van der Waals surface area contributed by atoms with Crippen LogP contribution in [0.1, 0.15) is 30.9 Å². The van der Waals surface area contributed by atoms with Crippen molar-refractivity contribution in [2.75, 3.05) is 30.5 Å². The van der Waals surface area contributed by atoms with Crippen molar-refractivity contribution in [3.8, 4) is 0 Å². The van der Waals surface area contributed by atoms with Gasteiger partial charge in [-0.3, -0.25) is 13.9 Å². The van der Waals surface area contributed by atoms with E-state index >= 15 is 0 Å². The van der Waals surface area contributed by atoms with Crippen molar-refractivity contribution in [2.45, 2.75) is 38.5 Å². The molecule has 0 unspecified atom stereocenters. The number of likely N-dealkylation sites (tertiary alicyclic amines) is 1. The zero-order chi connectivity index (χ0) is 23.3. The maximum Gasteiger partial charge on any atom is 0.309 e. The molecule has 1 fully saturated rings. The molecule has 0 radical (unpaired) electrons. The summed E-state index contributed by atoms with van der Waals surface area (Å²) in [7, 11) is -3.95. The molecule has 0 saturated carbocycles. The lowest BCUT2D eigenvalue weighted by Gasteiger charge is -2.33. The van der Waals surface area contributed by atoms with E-state index < -0.39 is 10.0 Å². The number of benzene rings is 2. The molecule has 1 aliphatic rings. The van der Waals surface area contributed by atoms with Crippen molar-refractivity contribution in [2.24, 2.45) is 5.92 Å². The number of carbonyl (C=O) groups is 2. The number of aryl methyl sites for hydroxylation is 2. The Morgan fingerprint density at radius 1 is 1.06 bits per heavy atom. The third-order valence-corrected chi connectivity index (χ3v) is 7.48. The van der Waals surface area contributed by atoms with Crippen LogP contribution in [-0.2, 0) is 24.3 Å². The number of anilines is 1. The second kappa shape index (κ2) is 10.2. The summed E-state index contributed by atoms with van der Waals surface area (Å²) in [4.78, 5) is 26.9. The molecule has 2 aromatic carbocycles. The highest BCUT2D eigenvalue weighted by atomic mass is 32.2. The van der Waals surface area contributed by atoms with Crippen LogP contribution < -0.4 is 4.31 Å². The molecule has 2 aromatic rings. The SMILES string of the molecule is CCOC(=O)C1CCN(C(=O)CN(c2cc(C)ccc2C)S(=O)(=O)c2ccccc2)CC1. The smallest absolute Gasteiger partial charge is 0.309 e. The first-order chi connectivity index (χ1) is 15.2. The first-order valence-corrected chi connectivity index (χ1v) is 12.3. The topological polar surface area (TPSA) is 84.0 Å². The summed E-state index contributed by atoms with van der Waals surface area (Å²) >= 11 is 0. The van der Waals surface area contributed by atoms with Crippen LogP contribution in [0.25, 0.3) is 0 Å². The minimum Gasteiger partial charge on any atom is -0.466 e. The fourth-order valence-electron chi connectivity index (χ4n) is 3.86. The van der Waals surface area contributed by atoms with Gasteiger partial charge in [0, 0.05) is 13.1 Å². The molecule has 3 rings (SSSR count). The van der Waals surface area contributed by atoms with Crippen molar-refractivity contribution in [1.82, 2.24) is 4.90 Å². The molecule has 1 heterocycles. The minimum absolute atomic E-state index is 0.134. The summed E-state index contributed by atoms with van der Waals surface area (Å²) in [5.41, 5.74) is 2.16. The average Bonchev–Trinajstić information content (AvgIpc) is 2.80. The molecular formula is C24H30N2O5S. The lowest BCUT2D eigenvalue weighted by molar-refractivity contribution is -0.151. The third kappa shape index (κ3) is 5.30. The molecule has 0 atom stereocenters. The van der Waals surface area contributed by atoms with Crippen LogP contribution >= 0.6 is 0 Å². The van der Waals surface area contributed by atoms with Gasteiger partial charge >= 0.3 is 5.97 Å². The van der Waals surface area contributed by atoms with Gasteiger partial charge in [0.2, 0.25) is 5.91 Å². The first kappa shape index (κ1) is 23.8. The lowest BCUT2D eigenvalue weighted by atomic mass is 9.97. The lowest BCUT2D eigenvalue weighted by Crippen LogP contribution is -2.47. The number of nitrogens with zero attached hydrogens (tertiary/aromatic N) is 2. The monoisotopic (exact) mass is 458 g/mol. The number of rotatable bonds is 7. The number of sulfonamides is 1. The van der Waals surface area contributed by atoms with E-state index in [2.05, 4.69) is 0 Å². The van der Waals surface area contributed by atoms with Gasteiger partial charge in [-0.15, -0.1) is 0 Å². The molecule has 1 saturated heterocycles. The van der Waals surface area contributed by atoms with Gasteiger partial charge in [0.15, 0.2) is 0 Å². The fraction of sp³-hybridized carbons (Fsp3) is 0.417. The predicted octanol–water partition coefficient (Wildman–Crippen LogP) is 3.30. The van der Waals surface area contributed by atoms with E-state index in [4.69, 9.17) is 4.74 Å². The Labute approximate surface area is 190 Å². The summed E-state index contributed by atoms with van der Waals surface area (Å²) in [6.07, 6.45) is 1.03. The van der Waals surface area contributed by atoms with Crippen molar-refractivity contribution >= 4 is 27.6 Å². The number of piperidine rings is 1. The van der Waals surface area contributed by atoms with Crippen LogP contribution in [0.4, 0.5) is 5.69 Å². The quantitative estimate of drug-likeness (QED) is 0.595. The largest absolute Gasteiger partial charge is 0.466 e. The van der Waals surface area contributed by atoms with E-state index in [-0.39, 0.29) is 29.2 Å². The molecular weight excluding hydrogens is 428 g/mol. The van der Waals surface area contributed by atoms with Crippen molar-refractivity contribution in [1.29, 1.82) is 0 Å². The molecule has 172 valence electrons. The van der Waals surface area contributed by atoms with Gasteiger partial charge in [-0.1, -0.05) is 30.3 Å². The number of carbonyl (C=O) groups excluding carboxylic acids is 2. The molecule has 8 heteroatoms. The Morgan fingerprint density at radius 3 is 2.34 bits per heavy atom. The van der Waals surface area contributed by atoms with Gasteiger partial charge in [-0.2, -0.15) is 0 Å². The highest BCUT2D eigenvalue weighted by Gasteiger charge is 2.32. The number of amides is 1. The Hall–Kier alpha value is -2.87. The van der Waals surface area contributed by atoms with Crippen LogP contribution in [0.5, 0.6) is 0 Å². The fourth-order valence-corrected chi connectivity index (χ4v) is 5.35. The van der Waals surface area contributed by atoms with E-state index in [9.17, 15) is 18.0 Å². The van der Waals surface area contributed by atoms with Gasteiger partial charge in [-0.05, 0) is 62.9 Å². The summed E-state index contributed by atoms with van der Waals surface area (Å²) in [6.45, 7) is 6.32. The van der Waals surface area contributed by atoms with Crippen molar-refractivity contribution in [3.05, 3.63) is 59.7 Å². The minimum atomic E-state index is -3.95. The number of hydrogen-bond acceptors (Lipinski definition) is 5. The Morgan fingerprint density at radius 2 is 1.72 bits per heavy atom. The second-order valence-corrected chi connectivity index (χ2v) is 9.88. The van der Waals surface area contributed by atoms with Crippen molar-refractivity contribution < 1.29 is 22.7 Å². The molecule has 0 spiro atoms. The Kier molecular flexibility index (Phi) is 7.56. The van der Waals surface area contributed by atoms with Crippen LogP contribution in [0.3, 0.4) is 0 Å². The first-order valence-electron chi connectivity index (χ1n) is 10.8. The van der Waals surface area contributed by atoms with Crippen LogP contribution in [0.15, 0.2) is 53.4 Å². The van der Waals surface area contributed by atoms with Crippen LogP contribution in [0.2, 0.25) is 0 Å². The Bertz CT molecular complexity index is 1060. The van der Waals surface area contributed by atoms with E-state index in [0.717, 1.165) is 11.1 Å². The molecule has 32 heavy (non-hydrogen) atoms. The Balaban J connectivity index is 1.85. The zero-order valence-corrected chi connectivity index (χ0v) is 19.6. The summed E-state index contributed by atoms with van der Waals surface area (Å²) in [5, 5.41) is 0. The van der Waals surface area contributed by atoms with Gasteiger partial charge < -0.3 is 9.64 Å². The van der Waals surface area contributed by atoms with E-state index in [1.165, 1.54) is 16.4 Å². The molecule has 7 nitrogen and oxygen atoms in total. The third-order valence-electron chi connectivity index (χ3n) is 5.71. The number of hydrogen-bond donors (Lipinski definition) is 0. The molecule has 0 aromatic heterocycles. The summed E-state index contributed by atoms with van der Waals surface area (Å²) in [6, 6.07) is 13.7. The molecule has 1 aliphatic heterocycles. The van der Waals surface area contributed by atoms with Crippen LogP contribution in [-0.4, -0.2) is 51.4 Å². The summed E-state index contributed by atoms with van der Waals surface area (Å²) < 4.78 is 33.3. The highest BCUT2D eigenvalue weighted by Crippen LogP contribution is 2.28. The average molecular weight is 459 g/mol. The van der Waals surface area contributed by atoms with Gasteiger partial charge in [0.05, 0.1) is 23.1 Å². The molecule has 1 amide bonds. The normalized spacial score (nSPS) is 14.8. The number of esters is 1. The van der Waals surface area contributed by atoms with E-state index in [0.29, 0.717) is 38.2 Å². The molecule has 0 N–H and O–H groups in total. The standard InChI is InChI=1S/C24H30N2O5S/c1-4-31-24(28)20-12-14-25(15-13-20)23(27)17-26(22-16-18(2)10-11-19(22)3)32(29,30)21-8-6-5-7-9-21/h5-11,16,20H,4,12-15,17H2,1-3H3. The molecule has 0 aliphatic carbocycles. The van der Waals surface area contributed by atoms with Crippen LogP contribution in [0, 0.1) is 19.8 Å².